The molecule has 0 fully saturated rings. The van der Waals surface area contributed by atoms with E-state index in [1.54, 1.807) is 20.8 Å². The summed E-state index contributed by atoms with van der Waals surface area (Å²) in [4.78, 5) is 23.5. The lowest BCUT2D eigenvalue weighted by Gasteiger charge is -2.22. The van der Waals surface area contributed by atoms with Crippen LogP contribution in [0.4, 0.5) is 4.79 Å². The Bertz CT molecular complexity index is 451. The molecule has 0 saturated carbocycles. The largest absolute Gasteiger partial charge is 0.467 e. The van der Waals surface area contributed by atoms with E-state index in [4.69, 9.17) is 9.47 Å². The van der Waals surface area contributed by atoms with Crippen LogP contribution in [0.15, 0.2) is 30.3 Å². The molecule has 1 rings (SSSR count). The van der Waals surface area contributed by atoms with Crippen LogP contribution in [0.25, 0.3) is 0 Å². The molecule has 0 heterocycles. The molecule has 0 spiro atoms. The molecule has 1 aromatic carbocycles. The SMILES string of the molecule is CC.COC(=O)C(Cc1ccccc1)NC(=O)OC(C)(C)C. The van der Waals surface area contributed by atoms with Crippen LogP contribution < -0.4 is 5.32 Å². The number of hydrogen-bond acceptors (Lipinski definition) is 4. The first-order valence-electron chi connectivity index (χ1n) is 7.43. The predicted octanol–water partition coefficient (Wildman–Crippen LogP) is 3.32. The van der Waals surface area contributed by atoms with Crippen molar-refractivity contribution >= 4 is 12.1 Å². The minimum atomic E-state index is -0.766. The molecule has 1 amide bonds. The number of hydrogen-bond donors (Lipinski definition) is 1. The number of ether oxygens (including phenoxy) is 2. The molecule has 1 aromatic rings. The second-order valence-electron chi connectivity index (χ2n) is 5.41. The van der Waals surface area contributed by atoms with E-state index in [-0.39, 0.29) is 0 Å². The molecule has 1 atom stereocenters. The van der Waals surface area contributed by atoms with Crippen LogP contribution in [0, 0.1) is 0 Å². The number of esters is 1. The van der Waals surface area contributed by atoms with Gasteiger partial charge in [0.2, 0.25) is 0 Å². The Morgan fingerprint density at radius 3 is 2.14 bits per heavy atom. The average Bonchev–Trinajstić information content (AvgIpc) is 2.47. The van der Waals surface area contributed by atoms with E-state index in [0.29, 0.717) is 6.42 Å². The predicted molar refractivity (Wildman–Crippen MR) is 86.7 cm³/mol. The van der Waals surface area contributed by atoms with Gasteiger partial charge in [0.25, 0.3) is 0 Å². The van der Waals surface area contributed by atoms with Crippen molar-refractivity contribution in [1.29, 1.82) is 0 Å². The average molecular weight is 309 g/mol. The van der Waals surface area contributed by atoms with E-state index in [9.17, 15) is 9.59 Å². The lowest BCUT2D eigenvalue weighted by molar-refractivity contribution is -0.143. The van der Waals surface area contributed by atoms with Gasteiger partial charge < -0.3 is 14.8 Å². The van der Waals surface area contributed by atoms with Gasteiger partial charge in [0.05, 0.1) is 7.11 Å². The molecule has 1 unspecified atom stereocenters. The summed E-state index contributed by atoms with van der Waals surface area (Å²) in [5.74, 6) is -0.500. The van der Waals surface area contributed by atoms with Gasteiger partial charge in [-0.05, 0) is 26.3 Å². The molecular weight excluding hydrogens is 282 g/mol. The van der Waals surface area contributed by atoms with Crippen molar-refractivity contribution < 1.29 is 19.1 Å². The highest BCUT2D eigenvalue weighted by Crippen LogP contribution is 2.09. The van der Waals surface area contributed by atoms with Gasteiger partial charge in [0.15, 0.2) is 0 Å². The Labute approximate surface area is 133 Å². The van der Waals surface area contributed by atoms with Crippen molar-refractivity contribution in [2.24, 2.45) is 0 Å². The number of amides is 1. The second kappa shape index (κ2) is 9.82. The van der Waals surface area contributed by atoms with Crippen molar-refractivity contribution in [3.8, 4) is 0 Å². The van der Waals surface area contributed by atoms with Crippen LogP contribution in [0.1, 0.15) is 40.2 Å². The zero-order valence-electron chi connectivity index (χ0n) is 14.3. The third kappa shape index (κ3) is 8.29. The molecule has 22 heavy (non-hydrogen) atoms. The number of rotatable bonds is 4. The van der Waals surface area contributed by atoms with Crippen LogP contribution in [0.3, 0.4) is 0 Å². The van der Waals surface area contributed by atoms with Crippen LogP contribution >= 0.6 is 0 Å². The van der Waals surface area contributed by atoms with Crippen molar-refractivity contribution in [2.75, 3.05) is 7.11 Å². The van der Waals surface area contributed by atoms with Crippen LogP contribution in [-0.4, -0.2) is 30.8 Å². The van der Waals surface area contributed by atoms with Gasteiger partial charge in [0, 0.05) is 6.42 Å². The normalized spacial score (nSPS) is 11.5. The highest BCUT2D eigenvalue weighted by atomic mass is 16.6. The third-order valence-electron chi connectivity index (χ3n) is 2.46. The van der Waals surface area contributed by atoms with E-state index in [0.717, 1.165) is 5.56 Å². The van der Waals surface area contributed by atoms with Gasteiger partial charge in [-0.3, -0.25) is 0 Å². The Kier molecular flexibility index (Phi) is 8.91. The lowest BCUT2D eigenvalue weighted by atomic mass is 10.1. The molecule has 5 heteroatoms. The standard InChI is InChI=1S/C15H21NO4.C2H6/c1-15(2,3)20-14(18)16-12(13(17)19-4)10-11-8-6-5-7-9-11;1-2/h5-9,12H,10H2,1-4H3,(H,16,18);1-2H3. The third-order valence-corrected chi connectivity index (χ3v) is 2.46. The first-order valence-corrected chi connectivity index (χ1v) is 7.43. The van der Waals surface area contributed by atoms with E-state index in [1.807, 2.05) is 44.2 Å². The molecule has 0 aliphatic heterocycles. The highest BCUT2D eigenvalue weighted by molar-refractivity contribution is 5.81. The number of nitrogens with one attached hydrogen (secondary N) is 1. The van der Waals surface area contributed by atoms with Crippen molar-refractivity contribution in [3.63, 3.8) is 0 Å². The molecule has 0 aliphatic carbocycles. The van der Waals surface area contributed by atoms with Crippen LogP contribution in [0.5, 0.6) is 0 Å². The van der Waals surface area contributed by atoms with Gasteiger partial charge >= 0.3 is 12.1 Å². The fraction of sp³-hybridized carbons (Fsp3) is 0.529. The minimum absolute atomic E-state index is 0.354. The first-order chi connectivity index (χ1) is 10.3. The van der Waals surface area contributed by atoms with Gasteiger partial charge in [-0.25, -0.2) is 9.59 Å². The molecule has 124 valence electrons. The van der Waals surface area contributed by atoms with Crippen molar-refractivity contribution in [3.05, 3.63) is 35.9 Å². The number of methoxy groups -OCH3 is 1. The topological polar surface area (TPSA) is 64.6 Å². The molecule has 0 saturated heterocycles. The van der Waals surface area contributed by atoms with Crippen molar-refractivity contribution in [1.82, 2.24) is 5.32 Å². The van der Waals surface area contributed by atoms with E-state index >= 15 is 0 Å². The zero-order chi connectivity index (χ0) is 17.2. The molecule has 0 radical (unpaired) electrons. The fourth-order valence-electron chi connectivity index (χ4n) is 1.64. The summed E-state index contributed by atoms with van der Waals surface area (Å²) in [5.41, 5.74) is 0.316. The number of benzene rings is 1. The highest BCUT2D eigenvalue weighted by Gasteiger charge is 2.25. The maximum Gasteiger partial charge on any atom is 0.408 e. The Balaban J connectivity index is 0.00000211. The molecular formula is C17H27NO4. The summed E-state index contributed by atoms with van der Waals surface area (Å²) in [5, 5.41) is 2.54. The molecule has 5 nitrogen and oxygen atoms in total. The quantitative estimate of drug-likeness (QED) is 0.867. The molecule has 0 bridgehead atoms. The molecule has 0 aromatic heterocycles. The molecule has 1 N–H and O–H groups in total. The summed E-state index contributed by atoms with van der Waals surface area (Å²) in [7, 11) is 1.29. The van der Waals surface area contributed by atoms with Crippen LogP contribution in [0.2, 0.25) is 0 Å². The summed E-state index contributed by atoms with van der Waals surface area (Å²) < 4.78 is 9.85. The maximum atomic E-state index is 11.7. The van der Waals surface area contributed by atoms with Gasteiger partial charge in [-0.15, -0.1) is 0 Å². The number of carbonyl (C=O) groups excluding carboxylic acids is 2. The van der Waals surface area contributed by atoms with Crippen molar-refractivity contribution in [2.45, 2.75) is 52.7 Å². The minimum Gasteiger partial charge on any atom is -0.467 e. The summed E-state index contributed by atoms with van der Waals surface area (Å²) in [6, 6.07) is 8.63. The Hall–Kier alpha value is -2.04. The lowest BCUT2D eigenvalue weighted by Crippen LogP contribution is -2.45. The Morgan fingerprint density at radius 1 is 1.14 bits per heavy atom. The fourth-order valence-corrected chi connectivity index (χ4v) is 1.64. The van der Waals surface area contributed by atoms with E-state index in [1.165, 1.54) is 7.11 Å². The maximum absolute atomic E-state index is 11.7. The first kappa shape index (κ1) is 20.0. The molecule has 0 aliphatic rings. The summed E-state index contributed by atoms with van der Waals surface area (Å²) in [6.45, 7) is 9.28. The van der Waals surface area contributed by atoms with Gasteiger partial charge in [0.1, 0.15) is 11.6 Å². The van der Waals surface area contributed by atoms with Gasteiger partial charge in [-0.1, -0.05) is 44.2 Å². The second-order valence-corrected chi connectivity index (χ2v) is 5.41. The Morgan fingerprint density at radius 2 is 1.68 bits per heavy atom. The number of carbonyl (C=O) groups is 2. The van der Waals surface area contributed by atoms with E-state index < -0.39 is 23.7 Å². The van der Waals surface area contributed by atoms with Crippen LogP contribution in [-0.2, 0) is 20.7 Å². The number of alkyl carbamates (subject to hydrolysis) is 1. The smallest absolute Gasteiger partial charge is 0.408 e. The summed E-state index contributed by atoms with van der Waals surface area (Å²) in [6.07, 6.45) is -0.281. The zero-order valence-corrected chi connectivity index (χ0v) is 14.3. The monoisotopic (exact) mass is 309 g/mol. The summed E-state index contributed by atoms with van der Waals surface area (Å²) >= 11 is 0. The van der Waals surface area contributed by atoms with Gasteiger partial charge in [-0.2, -0.15) is 0 Å². The van der Waals surface area contributed by atoms with E-state index in [2.05, 4.69) is 5.32 Å².